The van der Waals surface area contributed by atoms with E-state index in [4.69, 9.17) is 4.74 Å². The number of ketones is 1. The molecule has 1 N–H and O–H groups in total. The number of hydrogen-bond acceptors (Lipinski definition) is 4. The van der Waals surface area contributed by atoms with Crippen LogP contribution in [0.4, 0.5) is 4.39 Å². The maximum atomic E-state index is 13.6. The molecule has 1 aliphatic heterocycles. The lowest BCUT2D eigenvalue weighted by Gasteiger charge is -2.38. The van der Waals surface area contributed by atoms with Crippen LogP contribution < -0.4 is 5.32 Å². The molecule has 0 spiro atoms. The second-order valence-electron chi connectivity index (χ2n) is 7.56. The number of allylic oxidation sites excluding steroid dienone is 2. The van der Waals surface area contributed by atoms with Gasteiger partial charge >= 0.3 is 5.97 Å². The van der Waals surface area contributed by atoms with Gasteiger partial charge in [0.25, 0.3) is 0 Å². The Morgan fingerprint density at radius 2 is 1.73 bits per heavy atom. The van der Waals surface area contributed by atoms with E-state index in [1.54, 1.807) is 19.1 Å². The van der Waals surface area contributed by atoms with E-state index >= 15 is 0 Å². The summed E-state index contributed by atoms with van der Waals surface area (Å²) in [5.74, 6) is -3.41. The molecule has 0 aromatic heterocycles. The zero-order chi connectivity index (χ0) is 21.3. The average molecular weight is 407 g/mol. The van der Waals surface area contributed by atoms with Crippen molar-refractivity contribution < 1.29 is 23.5 Å². The van der Waals surface area contributed by atoms with E-state index < -0.39 is 29.5 Å². The standard InChI is InChI=1S/C24H22FNO4/c1-2-30-24(29)22-17(14-6-4-3-5-7-14)12-19-21(23(22)28)18(13-20(27)26-19)15-8-10-16(25)11-9-15/h3-11,17-18,22H,2,12-13H2,1H3,(H,26,27). The highest BCUT2D eigenvalue weighted by molar-refractivity contribution is 6.12. The smallest absolute Gasteiger partial charge is 0.317 e. The number of hydrogen-bond donors (Lipinski definition) is 1. The van der Waals surface area contributed by atoms with Crippen LogP contribution in [0.3, 0.4) is 0 Å². The normalized spacial score (nSPS) is 23.6. The van der Waals surface area contributed by atoms with Crippen molar-refractivity contribution in [2.75, 3.05) is 6.61 Å². The fourth-order valence-corrected chi connectivity index (χ4v) is 4.45. The fourth-order valence-electron chi connectivity index (χ4n) is 4.45. The van der Waals surface area contributed by atoms with Gasteiger partial charge in [0.1, 0.15) is 11.7 Å². The van der Waals surface area contributed by atoms with Crippen LogP contribution in [0, 0.1) is 11.7 Å². The number of Topliss-reactive ketones (excluding diaryl/α,β-unsaturated/α-hetero) is 1. The molecular formula is C24H22FNO4. The first kappa shape index (κ1) is 20.0. The zero-order valence-corrected chi connectivity index (χ0v) is 16.6. The molecule has 2 aromatic carbocycles. The van der Waals surface area contributed by atoms with E-state index in [1.165, 1.54) is 12.1 Å². The van der Waals surface area contributed by atoms with Crippen LogP contribution >= 0.6 is 0 Å². The van der Waals surface area contributed by atoms with Crippen molar-refractivity contribution in [2.45, 2.75) is 31.6 Å². The van der Waals surface area contributed by atoms with Crippen LogP contribution in [-0.2, 0) is 19.1 Å². The molecule has 0 bridgehead atoms. The van der Waals surface area contributed by atoms with E-state index in [9.17, 15) is 18.8 Å². The number of halogens is 1. The van der Waals surface area contributed by atoms with E-state index in [0.29, 0.717) is 23.3 Å². The molecule has 5 nitrogen and oxygen atoms in total. The molecule has 154 valence electrons. The van der Waals surface area contributed by atoms with Crippen molar-refractivity contribution in [1.82, 2.24) is 5.32 Å². The minimum atomic E-state index is -0.982. The van der Waals surface area contributed by atoms with Gasteiger partial charge in [-0.1, -0.05) is 42.5 Å². The minimum absolute atomic E-state index is 0.0712. The molecule has 3 unspecified atom stereocenters. The number of ether oxygens (including phenoxy) is 1. The summed E-state index contributed by atoms with van der Waals surface area (Å²) in [5.41, 5.74) is 2.48. The second-order valence-corrected chi connectivity index (χ2v) is 7.56. The van der Waals surface area contributed by atoms with Gasteiger partial charge in [0.15, 0.2) is 5.78 Å². The lowest BCUT2D eigenvalue weighted by Crippen LogP contribution is -2.44. The first-order valence-electron chi connectivity index (χ1n) is 10.0. The van der Waals surface area contributed by atoms with E-state index in [-0.39, 0.29) is 24.7 Å². The summed E-state index contributed by atoms with van der Waals surface area (Å²) in [6.07, 6.45) is 0.416. The highest BCUT2D eigenvalue weighted by Gasteiger charge is 2.47. The van der Waals surface area contributed by atoms with Crippen molar-refractivity contribution in [3.63, 3.8) is 0 Å². The third-order valence-electron chi connectivity index (χ3n) is 5.77. The van der Waals surface area contributed by atoms with Gasteiger partial charge < -0.3 is 10.1 Å². The first-order chi connectivity index (χ1) is 14.5. The monoisotopic (exact) mass is 407 g/mol. The molecular weight excluding hydrogens is 385 g/mol. The number of carbonyl (C=O) groups is 3. The summed E-state index contributed by atoms with van der Waals surface area (Å²) in [6.45, 7) is 1.88. The van der Waals surface area contributed by atoms with Gasteiger partial charge in [0, 0.05) is 29.5 Å². The largest absolute Gasteiger partial charge is 0.465 e. The van der Waals surface area contributed by atoms with Crippen molar-refractivity contribution >= 4 is 17.7 Å². The highest BCUT2D eigenvalue weighted by atomic mass is 19.1. The zero-order valence-electron chi connectivity index (χ0n) is 16.6. The molecule has 1 aliphatic carbocycles. The maximum Gasteiger partial charge on any atom is 0.317 e. The number of esters is 1. The van der Waals surface area contributed by atoms with E-state index in [2.05, 4.69) is 5.32 Å². The molecule has 3 atom stereocenters. The van der Waals surface area contributed by atoms with Gasteiger partial charge in [-0.3, -0.25) is 14.4 Å². The summed E-state index contributed by atoms with van der Waals surface area (Å²) in [5, 5.41) is 2.84. The Kier molecular flexibility index (Phi) is 5.48. The molecule has 30 heavy (non-hydrogen) atoms. The molecule has 2 aliphatic rings. The predicted molar refractivity (Wildman–Crippen MR) is 108 cm³/mol. The van der Waals surface area contributed by atoms with Gasteiger partial charge in [0.05, 0.1) is 6.61 Å². The number of carbonyl (C=O) groups excluding carboxylic acids is 3. The predicted octanol–water partition coefficient (Wildman–Crippen LogP) is 3.62. The molecule has 1 amide bonds. The summed E-state index contributed by atoms with van der Waals surface area (Å²) < 4.78 is 18.7. The lowest BCUT2D eigenvalue weighted by atomic mass is 9.68. The topological polar surface area (TPSA) is 72.5 Å². The van der Waals surface area contributed by atoms with Crippen molar-refractivity contribution in [3.8, 4) is 0 Å². The molecule has 0 saturated heterocycles. The van der Waals surface area contributed by atoms with Crippen molar-refractivity contribution in [2.24, 2.45) is 5.92 Å². The molecule has 4 rings (SSSR count). The Bertz CT molecular complexity index is 1010. The Labute approximate surface area is 173 Å². The Hall–Kier alpha value is -3.28. The van der Waals surface area contributed by atoms with Crippen LogP contribution in [0.2, 0.25) is 0 Å². The van der Waals surface area contributed by atoms with E-state index in [1.807, 2.05) is 30.3 Å². The van der Waals surface area contributed by atoms with Gasteiger partial charge in [-0.2, -0.15) is 0 Å². The summed E-state index contributed by atoms with van der Waals surface area (Å²) in [6, 6.07) is 15.1. The SMILES string of the molecule is CCOC(=O)C1C(=O)C2=C(CC1c1ccccc1)NC(=O)CC2c1ccc(F)cc1. The third kappa shape index (κ3) is 3.65. The quantitative estimate of drug-likeness (QED) is 0.621. The number of benzene rings is 2. The van der Waals surface area contributed by atoms with Crippen LogP contribution in [0.1, 0.15) is 42.7 Å². The molecule has 0 saturated carbocycles. The number of nitrogens with one attached hydrogen (secondary N) is 1. The number of amides is 1. The van der Waals surface area contributed by atoms with Crippen LogP contribution in [0.5, 0.6) is 0 Å². The number of rotatable bonds is 4. The van der Waals surface area contributed by atoms with Gasteiger partial charge in [0.2, 0.25) is 5.91 Å². The second kappa shape index (κ2) is 8.22. The summed E-state index contributed by atoms with van der Waals surface area (Å²) in [7, 11) is 0. The third-order valence-corrected chi connectivity index (χ3v) is 5.77. The minimum Gasteiger partial charge on any atom is -0.465 e. The summed E-state index contributed by atoms with van der Waals surface area (Å²) in [4.78, 5) is 38.9. The average Bonchev–Trinajstić information content (AvgIpc) is 2.74. The molecule has 1 heterocycles. The molecule has 6 heteroatoms. The summed E-state index contributed by atoms with van der Waals surface area (Å²) >= 11 is 0. The van der Waals surface area contributed by atoms with Crippen LogP contribution in [0.15, 0.2) is 65.9 Å². The maximum absolute atomic E-state index is 13.6. The molecule has 2 aromatic rings. The molecule has 0 fully saturated rings. The van der Waals surface area contributed by atoms with Crippen molar-refractivity contribution in [1.29, 1.82) is 0 Å². The lowest BCUT2D eigenvalue weighted by molar-refractivity contribution is -0.152. The Morgan fingerprint density at radius 3 is 2.40 bits per heavy atom. The first-order valence-corrected chi connectivity index (χ1v) is 10.0. The van der Waals surface area contributed by atoms with Gasteiger partial charge in [-0.25, -0.2) is 4.39 Å². The molecule has 0 radical (unpaired) electrons. The Morgan fingerprint density at radius 1 is 1.03 bits per heavy atom. The van der Waals surface area contributed by atoms with Gasteiger partial charge in [-0.15, -0.1) is 0 Å². The van der Waals surface area contributed by atoms with E-state index in [0.717, 1.165) is 5.56 Å². The van der Waals surface area contributed by atoms with Crippen molar-refractivity contribution in [3.05, 3.63) is 82.8 Å². The van der Waals surface area contributed by atoms with Crippen LogP contribution in [0.25, 0.3) is 0 Å². The van der Waals surface area contributed by atoms with Gasteiger partial charge in [-0.05, 0) is 36.6 Å². The Balaban J connectivity index is 1.81. The fraction of sp³-hybridized carbons (Fsp3) is 0.292. The van der Waals surface area contributed by atoms with Crippen LogP contribution in [-0.4, -0.2) is 24.3 Å². The highest BCUT2D eigenvalue weighted by Crippen LogP contribution is 2.45.